The summed E-state index contributed by atoms with van der Waals surface area (Å²) >= 11 is 0. The lowest BCUT2D eigenvalue weighted by molar-refractivity contribution is -0.0498. The van der Waals surface area contributed by atoms with Gasteiger partial charge in [-0.2, -0.15) is 8.78 Å². The molecule has 0 saturated carbocycles. The summed E-state index contributed by atoms with van der Waals surface area (Å²) in [5.41, 5.74) is 1.70. The minimum Gasteiger partial charge on any atom is -0.490 e. The van der Waals surface area contributed by atoms with E-state index in [0.717, 1.165) is 17.5 Å². The average Bonchev–Trinajstić information content (AvgIpc) is 2.95. The third-order valence-electron chi connectivity index (χ3n) is 4.69. The van der Waals surface area contributed by atoms with Gasteiger partial charge in [0.1, 0.15) is 5.75 Å². The molecule has 1 aliphatic heterocycles. The van der Waals surface area contributed by atoms with E-state index in [0.29, 0.717) is 24.7 Å². The molecule has 2 aromatic rings. The van der Waals surface area contributed by atoms with E-state index in [1.54, 1.807) is 12.1 Å². The third kappa shape index (κ3) is 5.98. The molecule has 1 heterocycles. The van der Waals surface area contributed by atoms with E-state index in [-0.39, 0.29) is 30.3 Å². The zero-order valence-electron chi connectivity index (χ0n) is 17.0. The topological polar surface area (TPSA) is 68.8 Å². The van der Waals surface area contributed by atoms with Gasteiger partial charge in [0.05, 0.1) is 19.3 Å². The number of alkyl halides is 2. The fraction of sp³-hybridized carbons (Fsp3) is 0.409. The number of nitrogens with one attached hydrogen (secondary N) is 2. The lowest BCUT2D eigenvalue weighted by Crippen LogP contribution is -2.39. The van der Waals surface area contributed by atoms with Gasteiger partial charge in [-0.1, -0.05) is 32.0 Å². The fourth-order valence-electron chi connectivity index (χ4n) is 3.17. The summed E-state index contributed by atoms with van der Waals surface area (Å²) in [4.78, 5) is 12.5. The van der Waals surface area contributed by atoms with Gasteiger partial charge in [0.25, 0.3) is 0 Å². The molecular formula is C22H26F2N2O4. The van der Waals surface area contributed by atoms with Crippen molar-refractivity contribution in [2.24, 2.45) is 5.92 Å². The highest BCUT2D eigenvalue weighted by Crippen LogP contribution is 2.34. The number of halogens is 2. The van der Waals surface area contributed by atoms with Crippen molar-refractivity contribution in [3.05, 3.63) is 53.6 Å². The molecule has 1 atom stereocenters. The first kappa shape index (κ1) is 21.7. The number of fused-ring (bicyclic) bond motifs is 1. The van der Waals surface area contributed by atoms with Crippen molar-refractivity contribution in [2.45, 2.75) is 39.5 Å². The van der Waals surface area contributed by atoms with Crippen LogP contribution in [-0.4, -0.2) is 25.9 Å². The minimum absolute atomic E-state index is 0.0764. The van der Waals surface area contributed by atoms with E-state index in [1.807, 2.05) is 32.0 Å². The Labute approximate surface area is 174 Å². The van der Waals surface area contributed by atoms with Crippen LogP contribution in [0.3, 0.4) is 0 Å². The monoisotopic (exact) mass is 420 g/mol. The number of rotatable bonds is 7. The maximum absolute atomic E-state index is 12.5. The molecule has 2 aromatic carbocycles. The molecule has 0 spiro atoms. The maximum Gasteiger partial charge on any atom is 0.387 e. The summed E-state index contributed by atoms with van der Waals surface area (Å²) in [6.07, 6.45) is 0.827. The summed E-state index contributed by atoms with van der Waals surface area (Å²) in [7, 11) is 0. The van der Waals surface area contributed by atoms with Crippen molar-refractivity contribution in [1.29, 1.82) is 0 Å². The highest BCUT2D eigenvalue weighted by atomic mass is 19.3. The molecule has 0 aliphatic carbocycles. The molecule has 0 bridgehead atoms. The molecule has 30 heavy (non-hydrogen) atoms. The molecule has 0 saturated heterocycles. The second-order valence-corrected chi connectivity index (χ2v) is 7.33. The highest BCUT2D eigenvalue weighted by molar-refractivity contribution is 5.74. The molecule has 1 aliphatic rings. The van der Waals surface area contributed by atoms with Crippen LogP contribution >= 0.6 is 0 Å². The van der Waals surface area contributed by atoms with Gasteiger partial charge in [-0.3, -0.25) is 0 Å². The Hall–Kier alpha value is -3.03. The second-order valence-electron chi connectivity index (χ2n) is 7.33. The molecule has 8 heteroatoms. The Kier molecular flexibility index (Phi) is 7.32. The number of carbonyl (C=O) groups is 1. The Morgan fingerprint density at radius 2 is 1.77 bits per heavy atom. The van der Waals surface area contributed by atoms with Gasteiger partial charge in [0.15, 0.2) is 11.5 Å². The standard InChI is InChI=1S/C22H26F2N2O4/c1-14(2)20(16-6-9-18-19(12-16)29-11-3-10-28-18)26-22(27)25-13-15-4-7-17(8-5-15)30-21(23)24/h4-9,12,14,20-21H,3,10-11,13H2,1-2H3,(H2,25,26,27)/t20-/m1/s1. The maximum atomic E-state index is 12.5. The van der Waals surface area contributed by atoms with Crippen molar-refractivity contribution in [3.63, 3.8) is 0 Å². The summed E-state index contributed by atoms with van der Waals surface area (Å²) in [5, 5.41) is 5.78. The molecule has 162 valence electrons. The number of ether oxygens (including phenoxy) is 3. The van der Waals surface area contributed by atoms with Crippen LogP contribution in [0.15, 0.2) is 42.5 Å². The van der Waals surface area contributed by atoms with Crippen LogP contribution in [0.2, 0.25) is 0 Å². The number of amides is 2. The molecular weight excluding hydrogens is 394 g/mol. The van der Waals surface area contributed by atoms with Crippen LogP contribution in [0, 0.1) is 5.92 Å². The van der Waals surface area contributed by atoms with Crippen molar-refractivity contribution in [2.75, 3.05) is 13.2 Å². The zero-order chi connectivity index (χ0) is 21.5. The third-order valence-corrected chi connectivity index (χ3v) is 4.69. The van der Waals surface area contributed by atoms with E-state index in [2.05, 4.69) is 15.4 Å². The van der Waals surface area contributed by atoms with Crippen LogP contribution in [0.5, 0.6) is 17.2 Å². The van der Waals surface area contributed by atoms with E-state index in [1.165, 1.54) is 12.1 Å². The predicted molar refractivity (Wildman–Crippen MR) is 108 cm³/mol. The van der Waals surface area contributed by atoms with Crippen LogP contribution in [0.1, 0.15) is 37.4 Å². The average molecular weight is 420 g/mol. The number of benzene rings is 2. The fourth-order valence-corrected chi connectivity index (χ4v) is 3.17. The first-order valence-electron chi connectivity index (χ1n) is 9.90. The Morgan fingerprint density at radius 3 is 2.43 bits per heavy atom. The molecule has 2 N–H and O–H groups in total. The quantitative estimate of drug-likeness (QED) is 0.684. The Morgan fingerprint density at radius 1 is 1.07 bits per heavy atom. The first-order chi connectivity index (χ1) is 14.4. The van der Waals surface area contributed by atoms with E-state index < -0.39 is 6.61 Å². The van der Waals surface area contributed by atoms with Crippen molar-refractivity contribution in [1.82, 2.24) is 10.6 Å². The van der Waals surface area contributed by atoms with E-state index in [9.17, 15) is 13.6 Å². The zero-order valence-corrected chi connectivity index (χ0v) is 17.0. The molecule has 3 rings (SSSR count). The summed E-state index contributed by atoms with van der Waals surface area (Å²) < 4.78 is 40.2. The number of urea groups is 1. The van der Waals surface area contributed by atoms with Gasteiger partial charge in [0, 0.05) is 13.0 Å². The van der Waals surface area contributed by atoms with Gasteiger partial charge in [0.2, 0.25) is 0 Å². The van der Waals surface area contributed by atoms with Crippen LogP contribution in [0.4, 0.5) is 13.6 Å². The van der Waals surface area contributed by atoms with Gasteiger partial charge in [-0.25, -0.2) is 4.79 Å². The molecule has 0 unspecified atom stereocenters. The molecule has 0 radical (unpaired) electrons. The van der Waals surface area contributed by atoms with Gasteiger partial charge in [-0.15, -0.1) is 0 Å². The lowest BCUT2D eigenvalue weighted by Gasteiger charge is -2.24. The molecule has 6 nitrogen and oxygen atoms in total. The van der Waals surface area contributed by atoms with Crippen molar-refractivity contribution in [3.8, 4) is 17.2 Å². The van der Waals surface area contributed by atoms with E-state index >= 15 is 0 Å². The SMILES string of the molecule is CC(C)[C@@H](NC(=O)NCc1ccc(OC(F)F)cc1)c1ccc2c(c1)OCCCO2. The van der Waals surface area contributed by atoms with Crippen LogP contribution < -0.4 is 24.8 Å². The summed E-state index contributed by atoms with van der Waals surface area (Å²) in [6.45, 7) is 2.66. The van der Waals surface area contributed by atoms with Gasteiger partial charge < -0.3 is 24.8 Å². The molecule has 0 aromatic heterocycles. The number of hydrogen-bond acceptors (Lipinski definition) is 4. The van der Waals surface area contributed by atoms with E-state index in [4.69, 9.17) is 9.47 Å². The Balaban J connectivity index is 1.60. The summed E-state index contributed by atoms with van der Waals surface area (Å²) in [6, 6.07) is 11.3. The highest BCUT2D eigenvalue weighted by Gasteiger charge is 2.21. The second kappa shape index (κ2) is 10.1. The lowest BCUT2D eigenvalue weighted by atomic mass is 9.96. The van der Waals surface area contributed by atoms with Crippen molar-refractivity contribution < 1.29 is 27.8 Å². The predicted octanol–water partition coefficient (Wildman–Crippen LogP) is 4.65. The normalized spacial score (nSPS) is 14.2. The minimum atomic E-state index is -2.86. The number of hydrogen-bond donors (Lipinski definition) is 2. The molecule has 0 fully saturated rings. The first-order valence-corrected chi connectivity index (χ1v) is 9.90. The molecule has 2 amide bonds. The van der Waals surface area contributed by atoms with Crippen LogP contribution in [-0.2, 0) is 6.54 Å². The Bertz CT molecular complexity index is 844. The van der Waals surface area contributed by atoms with Crippen molar-refractivity contribution >= 4 is 6.03 Å². The largest absolute Gasteiger partial charge is 0.490 e. The smallest absolute Gasteiger partial charge is 0.387 e. The summed E-state index contributed by atoms with van der Waals surface area (Å²) in [5.74, 6) is 1.62. The van der Waals surface area contributed by atoms with Gasteiger partial charge >= 0.3 is 12.6 Å². The van der Waals surface area contributed by atoms with Gasteiger partial charge in [-0.05, 0) is 41.3 Å². The number of carbonyl (C=O) groups excluding carboxylic acids is 1. The van der Waals surface area contributed by atoms with Crippen LogP contribution in [0.25, 0.3) is 0 Å².